The molecule has 0 aromatic heterocycles. The fourth-order valence-corrected chi connectivity index (χ4v) is 2.87. The Morgan fingerprint density at radius 3 is 3.05 bits per heavy atom. The van der Waals surface area contributed by atoms with Crippen molar-refractivity contribution in [1.82, 2.24) is 5.32 Å². The van der Waals surface area contributed by atoms with Crippen molar-refractivity contribution < 1.29 is 9.84 Å². The lowest BCUT2D eigenvalue weighted by atomic mass is 10.1. The van der Waals surface area contributed by atoms with Crippen molar-refractivity contribution in [3.8, 4) is 11.8 Å². The lowest BCUT2D eigenvalue weighted by molar-refractivity contribution is 0.105. The molecule has 114 valence electrons. The number of ether oxygens (including phenoxy) is 1. The van der Waals surface area contributed by atoms with Gasteiger partial charge in [-0.15, -0.1) is 0 Å². The van der Waals surface area contributed by atoms with Gasteiger partial charge < -0.3 is 15.2 Å². The predicted molar refractivity (Wildman–Crippen MR) is 82.0 cm³/mol. The number of aliphatic hydroxyl groups is 1. The van der Waals surface area contributed by atoms with E-state index in [1.54, 1.807) is 24.3 Å². The average Bonchev–Trinajstić information content (AvgIpc) is 2.91. The Hall–Kier alpha value is -1.57. The van der Waals surface area contributed by atoms with Gasteiger partial charge in [0.15, 0.2) is 0 Å². The van der Waals surface area contributed by atoms with Crippen molar-refractivity contribution >= 4 is 0 Å². The van der Waals surface area contributed by atoms with Crippen LogP contribution in [0.1, 0.15) is 31.7 Å². The topological polar surface area (TPSA) is 65.3 Å². The van der Waals surface area contributed by atoms with Crippen molar-refractivity contribution in [1.29, 1.82) is 5.26 Å². The summed E-state index contributed by atoms with van der Waals surface area (Å²) in [6.07, 6.45) is 3.38. The van der Waals surface area contributed by atoms with Gasteiger partial charge in [-0.25, -0.2) is 0 Å². The van der Waals surface area contributed by atoms with E-state index in [2.05, 4.69) is 18.3 Å². The van der Waals surface area contributed by atoms with E-state index in [1.165, 1.54) is 19.3 Å². The molecule has 0 radical (unpaired) electrons. The largest absolute Gasteiger partial charge is 0.491 e. The van der Waals surface area contributed by atoms with E-state index in [4.69, 9.17) is 10.00 Å². The Bertz CT molecular complexity index is 484. The zero-order valence-corrected chi connectivity index (χ0v) is 12.6. The highest BCUT2D eigenvalue weighted by atomic mass is 16.5. The van der Waals surface area contributed by atoms with Gasteiger partial charge in [0.1, 0.15) is 18.5 Å². The molecule has 1 aromatic rings. The fraction of sp³-hybridized carbons (Fsp3) is 0.588. The number of aliphatic hydroxyl groups excluding tert-OH is 1. The second kappa shape index (κ2) is 8.02. The average molecular weight is 288 g/mol. The van der Waals surface area contributed by atoms with Crippen LogP contribution in [0.25, 0.3) is 0 Å². The van der Waals surface area contributed by atoms with Crippen LogP contribution in [0.5, 0.6) is 5.75 Å². The molecule has 21 heavy (non-hydrogen) atoms. The van der Waals surface area contributed by atoms with Crippen molar-refractivity contribution in [3.63, 3.8) is 0 Å². The molecule has 1 fully saturated rings. The third-order valence-electron chi connectivity index (χ3n) is 4.02. The first-order chi connectivity index (χ1) is 10.2. The van der Waals surface area contributed by atoms with Crippen molar-refractivity contribution in [2.24, 2.45) is 11.8 Å². The monoisotopic (exact) mass is 288 g/mol. The van der Waals surface area contributed by atoms with Crippen LogP contribution in [0.3, 0.4) is 0 Å². The summed E-state index contributed by atoms with van der Waals surface area (Å²) in [7, 11) is 0. The molecule has 4 nitrogen and oxygen atoms in total. The van der Waals surface area contributed by atoms with Gasteiger partial charge in [0.2, 0.25) is 0 Å². The van der Waals surface area contributed by atoms with Gasteiger partial charge in [-0.05, 0) is 49.4 Å². The van der Waals surface area contributed by atoms with Gasteiger partial charge in [-0.3, -0.25) is 0 Å². The fourth-order valence-electron chi connectivity index (χ4n) is 2.87. The molecule has 3 unspecified atom stereocenters. The highest BCUT2D eigenvalue weighted by Crippen LogP contribution is 2.29. The first-order valence-electron chi connectivity index (χ1n) is 7.69. The standard InChI is InChI=1S/C17H24N2O2/c1-13-5-6-15(7-13)10-19-11-16(20)12-21-17-4-2-3-14(8-17)9-18/h2-4,8,13,15-16,19-20H,5-7,10-12H2,1H3. The van der Waals surface area contributed by atoms with E-state index in [-0.39, 0.29) is 6.61 Å². The maximum absolute atomic E-state index is 9.91. The van der Waals surface area contributed by atoms with Gasteiger partial charge in [-0.2, -0.15) is 5.26 Å². The Morgan fingerprint density at radius 2 is 2.33 bits per heavy atom. The van der Waals surface area contributed by atoms with E-state index >= 15 is 0 Å². The zero-order valence-electron chi connectivity index (χ0n) is 12.6. The molecule has 2 N–H and O–H groups in total. The SMILES string of the molecule is CC1CCC(CNCC(O)COc2cccc(C#N)c2)C1. The molecule has 3 atom stereocenters. The Kier molecular flexibility index (Phi) is 6.04. The van der Waals surface area contributed by atoms with Crippen LogP contribution in [0.15, 0.2) is 24.3 Å². The van der Waals surface area contributed by atoms with Crippen LogP contribution < -0.4 is 10.1 Å². The van der Waals surface area contributed by atoms with Crippen LogP contribution in [-0.2, 0) is 0 Å². The molecule has 0 bridgehead atoms. The third-order valence-corrected chi connectivity index (χ3v) is 4.02. The number of nitrogens with zero attached hydrogens (tertiary/aromatic N) is 1. The number of rotatable bonds is 7. The van der Waals surface area contributed by atoms with Gasteiger partial charge in [0.25, 0.3) is 0 Å². The van der Waals surface area contributed by atoms with Crippen molar-refractivity contribution in [3.05, 3.63) is 29.8 Å². The lowest BCUT2D eigenvalue weighted by Gasteiger charge is -2.15. The van der Waals surface area contributed by atoms with Crippen LogP contribution in [0, 0.1) is 23.2 Å². The van der Waals surface area contributed by atoms with E-state index in [9.17, 15) is 5.11 Å². The Labute approximate surface area is 126 Å². The van der Waals surface area contributed by atoms with Crippen LogP contribution in [0.4, 0.5) is 0 Å². The van der Waals surface area contributed by atoms with Gasteiger partial charge in [-0.1, -0.05) is 19.4 Å². The molecular formula is C17H24N2O2. The maximum Gasteiger partial charge on any atom is 0.120 e. The smallest absolute Gasteiger partial charge is 0.120 e. The molecule has 1 aromatic carbocycles. The van der Waals surface area contributed by atoms with Crippen LogP contribution in [-0.4, -0.2) is 30.9 Å². The molecular weight excluding hydrogens is 264 g/mol. The molecule has 0 heterocycles. The van der Waals surface area contributed by atoms with E-state index < -0.39 is 6.10 Å². The number of nitriles is 1. The second-order valence-electron chi connectivity index (χ2n) is 6.05. The quantitative estimate of drug-likeness (QED) is 0.808. The second-order valence-corrected chi connectivity index (χ2v) is 6.05. The van der Waals surface area contributed by atoms with Crippen LogP contribution in [0.2, 0.25) is 0 Å². The molecule has 2 rings (SSSR count). The summed E-state index contributed by atoms with van der Waals surface area (Å²) >= 11 is 0. The summed E-state index contributed by atoms with van der Waals surface area (Å²) in [6.45, 7) is 4.06. The molecule has 1 aliphatic rings. The molecule has 1 aliphatic carbocycles. The van der Waals surface area contributed by atoms with Crippen molar-refractivity contribution in [2.45, 2.75) is 32.3 Å². The van der Waals surface area contributed by atoms with Crippen LogP contribution >= 0.6 is 0 Å². The van der Waals surface area contributed by atoms with Gasteiger partial charge in [0, 0.05) is 6.54 Å². The van der Waals surface area contributed by atoms with E-state index in [1.807, 2.05) is 0 Å². The number of hydrogen-bond acceptors (Lipinski definition) is 4. The number of hydrogen-bond donors (Lipinski definition) is 2. The summed E-state index contributed by atoms with van der Waals surface area (Å²) in [5, 5.41) is 22.0. The Morgan fingerprint density at radius 1 is 1.48 bits per heavy atom. The highest BCUT2D eigenvalue weighted by molar-refractivity contribution is 5.36. The third kappa shape index (κ3) is 5.37. The Balaban J connectivity index is 1.63. The highest BCUT2D eigenvalue weighted by Gasteiger charge is 2.20. The van der Waals surface area contributed by atoms with Gasteiger partial charge >= 0.3 is 0 Å². The lowest BCUT2D eigenvalue weighted by Crippen LogP contribution is -2.33. The maximum atomic E-state index is 9.91. The molecule has 4 heteroatoms. The van der Waals surface area contributed by atoms with Gasteiger partial charge in [0.05, 0.1) is 11.6 Å². The summed E-state index contributed by atoms with van der Waals surface area (Å²) < 4.78 is 5.51. The number of benzene rings is 1. The predicted octanol–water partition coefficient (Wildman–Crippen LogP) is 2.32. The van der Waals surface area contributed by atoms with E-state index in [0.717, 1.165) is 18.4 Å². The molecule has 0 spiro atoms. The minimum absolute atomic E-state index is 0.239. The molecule has 0 aliphatic heterocycles. The summed E-state index contributed by atoms with van der Waals surface area (Å²) in [4.78, 5) is 0. The summed E-state index contributed by atoms with van der Waals surface area (Å²) in [5.74, 6) is 2.22. The molecule has 0 saturated heterocycles. The first-order valence-corrected chi connectivity index (χ1v) is 7.69. The minimum atomic E-state index is -0.533. The van der Waals surface area contributed by atoms with E-state index in [0.29, 0.717) is 17.9 Å². The number of nitrogens with one attached hydrogen (secondary N) is 1. The molecule has 1 saturated carbocycles. The zero-order chi connectivity index (χ0) is 15.1. The first kappa shape index (κ1) is 15.8. The minimum Gasteiger partial charge on any atom is -0.491 e. The summed E-state index contributed by atoms with van der Waals surface area (Å²) in [5.41, 5.74) is 0.565. The normalized spacial score (nSPS) is 22.7. The summed E-state index contributed by atoms with van der Waals surface area (Å²) in [6, 6.07) is 9.05. The molecule has 0 amide bonds. The van der Waals surface area contributed by atoms with Crippen molar-refractivity contribution in [2.75, 3.05) is 19.7 Å².